The molecule has 0 aromatic rings. The maximum absolute atomic E-state index is 10.9. The van der Waals surface area contributed by atoms with Crippen LogP contribution in [0.3, 0.4) is 0 Å². The molecule has 0 aromatic heterocycles. The number of unbranched alkanes of at least 4 members (excludes halogenated alkanes) is 3. The molecule has 0 rings (SSSR count). The van der Waals surface area contributed by atoms with Crippen LogP contribution in [0, 0.1) is 0 Å². The zero-order chi connectivity index (χ0) is 7.82. The topological polar surface area (TPSA) is 17.1 Å². The van der Waals surface area contributed by atoms with E-state index in [-0.39, 0.29) is 0 Å². The maximum Gasteiger partial charge on any atom is 0.0715 e. The van der Waals surface area contributed by atoms with E-state index in [9.17, 15) is 4.57 Å². The molecular weight excluding hydrogens is 143 g/mol. The van der Waals surface area contributed by atoms with E-state index in [1.807, 2.05) is 6.92 Å². The van der Waals surface area contributed by atoms with E-state index in [1.165, 1.54) is 19.3 Å². The lowest BCUT2D eigenvalue weighted by Gasteiger charge is -1.96. The van der Waals surface area contributed by atoms with Gasteiger partial charge in [-0.2, -0.15) is 0 Å². The average Bonchev–Trinajstić information content (AvgIpc) is 1.98. The Hall–Kier alpha value is 0.100. The van der Waals surface area contributed by atoms with Gasteiger partial charge in [-0.3, -0.25) is 4.57 Å². The third kappa shape index (κ3) is 6.22. The Kier molecular flexibility index (Phi) is 7.28. The zero-order valence-electron chi connectivity index (χ0n) is 7.10. The van der Waals surface area contributed by atoms with Gasteiger partial charge in [0.25, 0.3) is 0 Å². The molecule has 10 heavy (non-hydrogen) atoms. The fraction of sp³-hybridized carbons (Fsp3) is 1.00. The molecule has 1 nitrogen and oxygen atoms in total. The largest absolute Gasteiger partial charge is 0.287 e. The first-order valence-electron chi connectivity index (χ1n) is 4.23. The third-order valence-corrected chi connectivity index (χ3v) is 3.13. The van der Waals surface area contributed by atoms with Crippen LogP contribution in [0.25, 0.3) is 0 Å². The predicted octanol–water partition coefficient (Wildman–Crippen LogP) is 3.41. The molecule has 2 heteroatoms. The van der Waals surface area contributed by atoms with Gasteiger partial charge in [0.05, 0.1) is 7.80 Å². The van der Waals surface area contributed by atoms with Gasteiger partial charge in [-0.25, -0.2) is 0 Å². The molecular formula is C8H18OP. The molecule has 0 bridgehead atoms. The summed E-state index contributed by atoms with van der Waals surface area (Å²) in [7, 11) is -0.845. The van der Waals surface area contributed by atoms with Crippen molar-refractivity contribution in [3.8, 4) is 0 Å². The fourth-order valence-corrected chi connectivity index (χ4v) is 1.77. The molecule has 1 unspecified atom stereocenters. The van der Waals surface area contributed by atoms with Crippen LogP contribution in [0.1, 0.15) is 39.5 Å². The minimum absolute atomic E-state index is 0.845. The standard InChI is InChI=1S/C8H18OP/c1-3-5-6-7-8-10(9)4-2/h3-8H2,1-2H3. The molecule has 0 aliphatic carbocycles. The van der Waals surface area contributed by atoms with Crippen molar-refractivity contribution in [3.05, 3.63) is 0 Å². The van der Waals surface area contributed by atoms with E-state index in [1.54, 1.807) is 0 Å². The van der Waals surface area contributed by atoms with Gasteiger partial charge in [-0.15, -0.1) is 0 Å². The molecule has 0 spiro atoms. The van der Waals surface area contributed by atoms with E-state index >= 15 is 0 Å². The number of hydrogen-bond acceptors (Lipinski definition) is 1. The SMILES string of the molecule is CCCCCC[P](=O)CC. The van der Waals surface area contributed by atoms with Crippen molar-refractivity contribution < 1.29 is 4.57 Å². The smallest absolute Gasteiger partial charge is 0.0715 e. The predicted molar refractivity (Wildman–Crippen MR) is 47.2 cm³/mol. The van der Waals surface area contributed by atoms with Gasteiger partial charge >= 0.3 is 0 Å². The molecule has 61 valence electrons. The van der Waals surface area contributed by atoms with Crippen molar-refractivity contribution in [2.75, 3.05) is 12.3 Å². The van der Waals surface area contributed by atoms with Gasteiger partial charge in [0.2, 0.25) is 0 Å². The van der Waals surface area contributed by atoms with E-state index in [0.717, 1.165) is 18.7 Å². The Morgan fingerprint density at radius 2 is 1.80 bits per heavy atom. The Morgan fingerprint density at radius 1 is 1.10 bits per heavy atom. The van der Waals surface area contributed by atoms with Crippen LogP contribution in [0.15, 0.2) is 0 Å². The molecule has 1 atom stereocenters. The van der Waals surface area contributed by atoms with Gasteiger partial charge in [-0.05, 0) is 6.42 Å². The second-order valence-corrected chi connectivity index (χ2v) is 4.63. The fourth-order valence-electron chi connectivity index (χ4n) is 0.873. The van der Waals surface area contributed by atoms with Crippen LogP contribution in [0.4, 0.5) is 0 Å². The van der Waals surface area contributed by atoms with Crippen molar-refractivity contribution in [1.29, 1.82) is 0 Å². The Balaban J connectivity index is 2.96. The Labute approximate surface area is 65.0 Å². The lowest BCUT2D eigenvalue weighted by Crippen LogP contribution is -1.81. The van der Waals surface area contributed by atoms with Gasteiger partial charge in [0, 0.05) is 12.3 Å². The lowest BCUT2D eigenvalue weighted by atomic mass is 10.2. The van der Waals surface area contributed by atoms with Crippen LogP contribution in [0.5, 0.6) is 0 Å². The van der Waals surface area contributed by atoms with Gasteiger partial charge < -0.3 is 0 Å². The van der Waals surface area contributed by atoms with Crippen molar-refractivity contribution in [1.82, 2.24) is 0 Å². The molecule has 0 aliphatic rings. The van der Waals surface area contributed by atoms with Crippen molar-refractivity contribution >= 4 is 7.80 Å². The Bertz CT molecular complexity index is 91.3. The average molecular weight is 161 g/mol. The molecule has 0 saturated heterocycles. The summed E-state index contributed by atoms with van der Waals surface area (Å²) in [5.74, 6) is 0. The summed E-state index contributed by atoms with van der Waals surface area (Å²) in [5, 5.41) is 0. The number of hydrogen-bond donors (Lipinski definition) is 0. The second kappa shape index (κ2) is 7.21. The second-order valence-electron chi connectivity index (χ2n) is 2.58. The van der Waals surface area contributed by atoms with E-state index in [2.05, 4.69) is 6.92 Å². The van der Waals surface area contributed by atoms with Gasteiger partial charge in [-0.1, -0.05) is 33.1 Å². The highest BCUT2D eigenvalue weighted by atomic mass is 31.1. The van der Waals surface area contributed by atoms with Crippen LogP contribution in [0.2, 0.25) is 0 Å². The normalized spacial score (nSPS) is 11.6. The molecule has 0 aliphatic heterocycles. The summed E-state index contributed by atoms with van der Waals surface area (Å²) in [6, 6.07) is 0. The van der Waals surface area contributed by atoms with E-state index < -0.39 is 7.80 Å². The summed E-state index contributed by atoms with van der Waals surface area (Å²) in [5.41, 5.74) is 0. The van der Waals surface area contributed by atoms with E-state index in [0.29, 0.717) is 0 Å². The molecule has 1 radical (unpaired) electrons. The molecule has 0 N–H and O–H groups in total. The number of rotatable bonds is 6. The van der Waals surface area contributed by atoms with Crippen LogP contribution >= 0.6 is 7.80 Å². The molecule has 0 saturated carbocycles. The summed E-state index contributed by atoms with van der Waals surface area (Å²) < 4.78 is 10.9. The highest BCUT2D eigenvalue weighted by Gasteiger charge is 1.94. The van der Waals surface area contributed by atoms with Crippen LogP contribution in [-0.2, 0) is 4.57 Å². The van der Waals surface area contributed by atoms with Crippen molar-refractivity contribution in [2.45, 2.75) is 39.5 Å². The van der Waals surface area contributed by atoms with Gasteiger partial charge in [0.1, 0.15) is 0 Å². The summed E-state index contributed by atoms with van der Waals surface area (Å²) >= 11 is 0. The minimum atomic E-state index is -0.845. The van der Waals surface area contributed by atoms with E-state index in [4.69, 9.17) is 0 Å². The zero-order valence-corrected chi connectivity index (χ0v) is 7.99. The van der Waals surface area contributed by atoms with Crippen molar-refractivity contribution in [3.63, 3.8) is 0 Å². The minimum Gasteiger partial charge on any atom is -0.287 e. The first-order chi connectivity index (χ1) is 4.81. The highest BCUT2D eigenvalue weighted by Crippen LogP contribution is 2.21. The summed E-state index contributed by atoms with van der Waals surface area (Å²) in [4.78, 5) is 0. The molecule has 0 heterocycles. The maximum atomic E-state index is 10.9. The first-order valence-corrected chi connectivity index (χ1v) is 5.86. The summed E-state index contributed by atoms with van der Waals surface area (Å²) in [6.45, 7) is 4.19. The lowest BCUT2D eigenvalue weighted by molar-refractivity contribution is 0.584. The third-order valence-electron chi connectivity index (χ3n) is 1.61. The van der Waals surface area contributed by atoms with Crippen LogP contribution < -0.4 is 0 Å². The highest BCUT2D eigenvalue weighted by molar-refractivity contribution is 7.44. The van der Waals surface area contributed by atoms with Gasteiger partial charge in [0.15, 0.2) is 0 Å². The Morgan fingerprint density at radius 3 is 2.30 bits per heavy atom. The molecule has 0 amide bonds. The summed E-state index contributed by atoms with van der Waals surface area (Å²) in [6.07, 6.45) is 6.80. The first kappa shape index (κ1) is 10.1. The molecule has 0 aromatic carbocycles. The monoisotopic (exact) mass is 161 g/mol. The van der Waals surface area contributed by atoms with Crippen molar-refractivity contribution in [2.24, 2.45) is 0 Å². The molecule has 0 fully saturated rings. The quantitative estimate of drug-likeness (QED) is 0.431. The van der Waals surface area contributed by atoms with Crippen LogP contribution in [-0.4, -0.2) is 12.3 Å².